The summed E-state index contributed by atoms with van der Waals surface area (Å²) in [5, 5.41) is 0. The fourth-order valence-corrected chi connectivity index (χ4v) is 3.85. The first-order chi connectivity index (χ1) is 11.1. The van der Waals surface area contributed by atoms with Gasteiger partial charge in [0.1, 0.15) is 0 Å². The maximum atomic E-state index is 12.3. The van der Waals surface area contributed by atoms with Gasteiger partial charge in [-0.15, -0.1) is 0 Å². The lowest BCUT2D eigenvalue weighted by molar-refractivity contribution is -0.129. The van der Waals surface area contributed by atoms with E-state index in [4.69, 9.17) is 0 Å². The zero-order chi connectivity index (χ0) is 16.3. The predicted octanol–water partition coefficient (Wildman–Crippen LogP) is 3.26. The molecule has 124 valence electrons. The highest BCUT2D eigenvalue weighted by atomic mass is 16.2. The summed E-state index contributed by atoms with van der Waals surface area (Å²) in [7, 11) is 0. The normalized spacial score (nSPS) is 21.6. The number of pyridine rings is 1. The number of carbonyl (C=O) groups is 1. The van der Waals surface area contributed by atoms with Crippen molar-refractivity contribution in [2.24, 2.45) is 5.41 Å². The van der Waals surface area contributed by atoms with Crippen LogP contribution in [0, 0.1) is 5.41 Å². The zero-order valence-electron chi connectivity index (χ0n) is 14.3. The molecule has 0 aromatic carbocycles. The molecule has 4 heteroatoms. The molecule has 2 aliphatic rings. The summed E-state index contributed by atoms with van der Waals surface area (Å²) >= 11 is 0. The summed E-state index contributed by atoms with van der Waals surface area (Å²) in [6, 6.07) is 4.19. The SMILES string of the molecule is C/C=C(\C)C(=O)N1CCC2(CC1)CCN(c1ccncc1)CC2. The van der Waals surface area contributed by atoms with E-state index in [9.17, 15) is 4.79 Å². The van der Waals surface area contributed by atoms with E-state index in [1.807, 2.05) is 37.2 Å². The first kappa shape index (κ1) is 16.0. The van der Waals surface area contributed by atoms with E-state index in [-0.39, 0.29) is 5.91 Å². The maximum absolute atomic E-state index is 12.3. The number of amides is 1. The number of hydrogen-bond donors (Lipinski definition) is 0. The summed E-state index contributed by atoms with van der Waals surface area (Å²) in [6.07, 6.45) is 10.4. The molecule has 0 N–H and O–H groups in total. The van der Waals surface area contributed by atoms with Gasteiger partial charge >= 0.3 is 0 Å². The summed E-state index contributed by atoms with van der Waals surface area (Å²) in [5.41, 5.74) is 2.60. The van der Waals surface area contributed by atoms with Crippen molar-refractivity contribution in [2.45, 2.75) is 39.5 Å². The summed E-state index contributed by atoms with van der Waals surface area (Å²) in [4.78, 5) is 20.9. The van der Waals surface area contributed by atoms with E-state index in [0.717, 1.165) is 44.6 Å². The third-order valence-electron chi connectivity index (χ3n) is 5.73. The van der Waals surface area contributed by atoms with E-state index in [1.54, 1.807) is 0 Å². The Balaban J connectivity index is 1.55. The number of aromatic nitrogens is 1. The molecule has 0 unspecified atom stereocenters. The smallest absolute Gasteiger partial charge is 0.249 e. The van der Waals surface area contributed by atoms with Crippen molar-refractivity contribution in [1.82, 2.24) is 9.88 Å². The van der Waals surface area contributed by atoms with Crippen LogP contribution in [-0.4, -0.2) is 42.0 Å². The first-order valence-corrected chi connectivity index (χ1v) is 8.71. The number of carbonyl (C=O) groups excluding carboxylic acids is 1. The molecule has 4 nitrogen and oxygen atoms in total. The van der Waals surface area contributed by atoms with Crippen molar-refractivity contribution in [2.75, 3.05) is 31.1 Å². The van der Waals surface area contributed by atoms with Crippen molar-refractivity contribution in [1.29, 1.82) is 0 Å². The van der Waals surface area contributed by atoms with Gasteiger partial charge < -0.3 is 9.80 Å². The molecule has 3 heterocycles. The quantitative estimate of drug-likeness (QED) is 0.786. The molecule has 23 heavy (non-hydrogen) atoms. The molecule has 1 aromatic rings. The number of anilines is 1. The number of hydrogen-bond acceptors (Lipinski definition) is 3. The number of piperidine rings is 2. The van der Waals surface area contributed by atoms with Crippen LogP contribution in [0.3, 0.4) is 0 Å². The minimum absolute atomic E-state index is 0.219. The van der Waals surface area contributed by atoms with E-state index >= 15 is 0 Å². The fourth-order valence-electron chi connectivity index (χ4n) is 3.85. The monoisotopic (exact) mass is 313 g/mol. The second-order valence-corrected chi connectivity index (χ2v) is 6.96. The van der Waals surface area contributed by atoms with Crippen molar-refractivity contribution in [3.8, 4) is 0 Å². The first-order valence-electron chi connectivity index (χ1n) is 8.71. The highest BCUT2D eigenvalue weighted by Crippen LogP contribution is 2.42. The minimum atomic E-state index is 0.219. The van der Waals surface area contributed by atoms with E-state index < -0.39 is 0 Å². The van der Waals surface area contributed by atoms with Crippen LogP contribution in [0.25, 0.3) is 0 Å². The molecule has 0 radical (unpaired) electrons. The minimum Gasteiger partial charge on any atom is -0.371 e. The topological polar surface area (TPSA) is 36.4 Å². The van der Waals surface area contributed by atoms with E-state index in [1.165, 1.54) is 18.5 Å². The van der Waals surface area contributed by atoms with Gasteiger partial charge in [-0.2, -0.15) is 0 Å². The van der Waals surface area contributed by atoms with Gasteiger partial charge in [0.2, 0.25) is 5.91 Å². The highest BCUT2D eigenvalue weighted by molar-refractivity contribution is 5.92. The second kappa shape index (κ2) is 6.73. The lowest BCUT2D eigenvalue weighted by Gasteiger charge is -2.47. The Morgan fingerprint density at radius 1 is 1.09 bits per heavy atom. The van der Waals surface area contributed by atoms with Gasteiger partial charge in [-0.3, -0.25) is 9.78 Å². The maximum Gasteiger partial charge on any atom is 0.249 e. The lowest BCUT2D eigenvalue weighted by Crippen LogP contribution is -2.48. The predicted molar refractivity (Wildman–Crippen MR) is 93.4 cm³/mol. The highest BCUT2D eigenvalue weighted by Gasteiger charge is 2.38. The molecule has 2 aliphatic heterocycles. The molecule has 0 aliphatic carbocycles. The van der Waals surface area contributed by atoms with Crippen LogP contribution in [0.4, 0.5) is 5.69 Å². The fraction of sp³-hybridized carbons (Fsp3) is 0.579. The molecule has 2 saturated heterocycles. The third kappa shape index (κ3) is 3.41. The van der Waals surface area contributed by atoms with Crippen LogP contribution in [0.1, 0.15) is 39.5 Å². The van der Waals surface area contributed by atoms with Crippen molar-refractivity contribution >= 4 is 11.6 Å². The number of nitrogens with zero attached hydrogens (tertiary/aromatic N) is 3. The van der Waals surface area contributed by atoms with Gasteiger partial charge in [0.15, 0.2) is 0 Å². The van der Waals surface area contributed by atoms with Crippen LogP contribution in [0.2, 0.25) is 0 Å². The average Bonchev–Trinajstić information content (AvgIpc) is 2.62. The Morgan fingerprint density at radius 2 is 1.65 bits per heavy atom. The van der Waals surface area contributed by atoms with Crippen molar-refractivity contribution < 1.29 is 4.79 Å². The van der Waals surface area contributed by atoms with E-state index in [2.05, 4.69) is 22.0 Å². The number of likely N-dealkylation sites (tertiary alicyclic amines) is 1. The van der Waals surface area contributed by atoms with E-state index in [0.29, 0.717) is 5.41 Å². The Morgan fingerprint density at radius 3 is 2.22 bits per heavy atom. The van der Waals surface area contributed by atoms with Gasteiger partial charge in [-0.1, -0.05) is 6.08 Å². The molecule has 0 bridgehead atoms. The molecule has 2 fully saturated rings. The van der Waals surface area contributed by atoms with Crippen LogP contribution >= 0.6 is 0 Å². The standard InChI is InChI=1S/C19H27N3O/c1-3-16(2)18(23)22-14-8-19(9-15-22)6-12-21(13-7-19)17-4-10-20-11-5-17/h3-5,10-11H,6-9,12-15H2,1-2H3/b16-3+. The molecular weight excluding hydrogens is 286 g/mol. The Hall–Kier alpha value is -1.84. The number of allylic oxidation sites excluding steroid dienone is 1. The van der Waals surface area contributed by atoms with Crippen LogP contribution in [0.15, 0.2) is 36.2 Å². The third-order valence-corrected chi connectivity index (χ3v) is 5.73. The van der Waals surface area contributed by atoms with Gasteiger partial charge in [0.25, 0.3) is 0 Å². The van der Waals surface area contributed by atoms with Crippen LogP contribution in [0.5, 0.6) is 0 Å². The molecule has 1 spiro atoms. The summed E-state index contributed by atoms with van der Waals surface area (Å²) in [5.74, 6) is 0.219. The average molecular weight is 313 g/mol. The van der Waals surface area contributed by atoms with Gasteiger partial charge in [0, 0.05) is 49.8 Å². The van der Waals surface area contributed by atoms with Gasteiger partial charge in [0.05, 0.1) is 0 Å². The zero-order valence-corrected chi connectivity index (χ0v) is 14.3. The lowest BCUT2D eigenvalue weighted by atomic mass is 9.71. The Kier molecular flexibility index (Phi) is 4.69. The second-order valence-electron chi connectivity index (χ2n) is 6.96. The Bertz CT molecular complexity index is 564. The van der Waals surface area contributed by atoms with Crippen molar-refractivity contribution in [3.63, 3.8) is 0 Å². The largest absolute Gasteiger partial charge is 0.371 e. The molecule has 0 atom stereocenters. The summed E-state index contributed by atoms with van der Waals surface area (Å²) < 4.78 is 0. The molecule has 1 aromatic heterocycles. The van der Waals surface area contributed by atoms with Gasteiger partial charge in [-0.05, 0) is 57.1 Å². The molecule has 0 saturated carbocycles. The van der Waals surface area contributed by atoms with Crippen LogP contribution in [-0.2, 0) is 4.79 Å². The molecule has 1 amide bonds. The van der Waals surface area contributed by atoms with Crippen molar-refractivity contribution in [3.05, 3.63) is 36.2 Å². The Labute approximate surface area is 139 Å². The number of rotatable bonds is 2. The summed E-state index contributed by atoms with van der Waals surface area (Å²) in [6.45, 7) is 7.92. The van der Waals surface area contributed by atoms with Gasteiger partial charge in [-0.25, -0.2) is 0 Å². The van der Waals surface area contributed by atoms with Crippen LogP contribution < -0.4 is 4.90 Å². The molecular formula is C19H27N3O. The molecule has 3 rings (SSSR count).